The molecule has 0 aromatic heterocycles. The molecule has 0 spiro atoms. The second kappa shape index (κ2) is 37.7. The van der Waals surface area contributed by atoms with Crippen LogP contribution in [0.15, 0.2) is 0 Å². The van der Waals surface area contributed by atoms with Gasteiger partial charge in [0.15, 0.2) is 0 Å². The second-order valence-corrected chi connectivity index (χ2v) is 10.8. The topological polar surface area (TPSA) is 74.6 Å². The van der Waals surface area contributed by atoms with Crippen LogP contribution in [0.4, 0.5) is 0 Å². The van der Waals surface area contributed by atoms with Crippen LogP contribution in [-0.4, -0.2) is 22.2 Å². The van der Waals surface area contributed by atoms with Gasteiger partial charge < -0.3 is 10.2 Å². The van der Waals surface area contributed by atoms with E-state index in [2.05, 4.69) is 13.8 Å². The Labute approximate surface area is 244 Å². The van der Waals surface area contributed by atoms with Gasteiger partial charge in [-0.05, 0) is 12.8 Å². The molecule has 0 atom stereocenters. The SMILES string of the molecule is CCCCCCCCCCCCCC(=O)O.CCCCCCCCCCCCCCCCCC(=O)O.[Zn]. The smallest absolute Gasteiger partial charge is 0.303 e. The molecule has 2 N–H and O–H groups in total. The minimum atomic E-state index is -0.657. The Morgan fingerprint density at radius 3 is 0.676 bits per heavy atom. The van der Waals surface area contributed by atoms with Crippen molar-refractivity contribution in [3.63, 3.8) is 0 Å². The van der Waals surface area contributed by atoms with E-state index in [1.165, 1.54) is 141 Å². The van der Waals surface area contributed by atoms with E-state index in [9.17, 15) is 9.59 Å². The van der Waals surface area contributed by atoms with E-state index in [4.69, 9.17) is 10.2 Å². The minimum absolute atomic E-state index is 0. The Morgan fingerprint density at radius 2 is 0.514 bits per heavy atom. The third-order valence-corrected chi connectivity index (χ3v) is 6.99. The summed E-state index contributed by atoms with van der Waals surface area (Å²) in [5.41, 5.74) is 0. The molecule has 0 aliphatic heterocycles. The zero-order valence-corrected chi connectivity index (χ0v) is 28.2. The van der Waals surface area contributed by atoms with Crippen molar-refractivity contribution in [2.45, 2.75) is 194 Å². The van der Waals surface area contributed by atoms with E-state index in [1.807, 2.05) is 0 Å². The minimum Gasteiger partial charge on any atom is -0.481 e. The third kappa shape index (κ3) is 45.8. The van der Waals surface area contributed by atoms with Gasteiger partial charge in [0.05, 0.1) is 0 Å². The van der Waals surface area contributed by atoms with Crippen LogP contribution in [0.5, 0.6) is 0 Å². The Hall–Kier alpha value is -0.437. The van der Waals surface area contributed by atoms with Gasteiger partial charge in [-0.15, -0.1) is 0 Å². The van der Waals surface area contributed by atoms with Gasteiger partial charge in [-0.2, -0.15) is 0 Å². The number of hydrogen-bond acceptors (Lipinski definition) is 2. The second-order valence-electron chi connectivity index (χ2n) is 10.8. The van der Waals surface area contributed by atoms with Crippen LogP contribution in [0.1, 0.15) is 194 Å². The van der Waals surface area contributed by atoms with Crippen LogP contribution >= 0.6 is 0 Å². The van der Waals surface area contributed by atoms with Crippen molar-refractivity contribution in [3.8, 4) is 0 Å². The van der Waals surface area contributed by atoms with Crippen LogP contribution in [0.2, 0.25) is 0 Å². The van der Waals surface area contributed by atoms with Gasteiger partial charge in [-0.3, -0.25) is 9.59 Å². The summed E-state index contributed by atoms with van der Waals surface area (Å²) >= 11 is 0. The zero-order valence-electron chi connectivity index (χ0n) is 25.2. The number of unbranched alkanes of at least 4 members (excludes halogenated alkanes) is 24. The number of rotatable bonds is 28. The van der Waals surface area contributed by atoms with Gasteiger partial charge in [0.2, 0.25) is 0 Å². The average molecular weight is 578 g/mol. The van der Waals surface area contributed by atoms with Gasteiger partial charge >= 0.3 is 11.9 Å². The molecule has 0 aromatic rings. The molecule has 0 aliphatic carbocycles. The Kier molecular flexibility index (Phi) is 41.8. The van der Waals surface area contributed by atoms with Gasteiger partial charge in [-0.1, -0.05) is 168 Å². The normalized spacial score (nSPS) is 10.4. The first-order valence-corrected chi connectivity index (χ1v) is 16.0. The molecule has 0 bridgehead atoms. The summed E-state index contributed by atoms with van der Waals surface area (Å²) in [6.45, 7) is 4.52. The van der Waals surface area contributed by atoms with Crippen molar-refractivity contribution >= 4 is 11.9 Å². The van der Waals surface area contributed by atoms with E-state index in [0.717, 1.165) is 25.7 Å². The van der Waals surface area contributed by atoms with Crippen molar-refractivity contribution in [1.82, 2.24) is 0 Å². The third-order valence-electron chi connectivity index (χ3n) is 6.99. The van der Waals surface area contributed by atoms with Crippen LogP contribution in [0.3, 0.4) is 0 Å². The zero-order chi connectivity index (χ0) is 27.0. The summed E-state index contributed by atoms with van der Waals surface area (Å²) in [4.78, 5) is 20.6. The number of hydrogen-bond donors (Lipinski definition) is 2. The van der Waals surface area contributed by atoms with Crippen LogP contribution in [-0.2, 0) is 29.1 Å². The number of carboxylic acids is 2. The van der Waals surface area contributed by atoms with Crippen molar-refractivity contribution in [1.29, 1.82) is 0 Å². The van der Waals surface area contributed by atoms with Gasteiger partial charge in [0, 0.05) is 32.3 Å². The molecule has 0 rings (SSSR count). The van der Waals surface area contributed by atoms with Gasteiger partial charge in [0.1, 0.15) is 0 Å². The molecule has 0 aromatic carbocycles. The van der Waals surface area contributed by atoms with E-state index < -0.39 is 11.9 Å². The molecule has 0 saturated heterocycles. The van der Waals surface area contributed by atoms with E-state index in [1.54, 1.807) is 0 Å². The standard InChI is InChI=1S/C18H36O2.C14H28O2.Zn/c1-2-3-4-5-6-7-8-9-10-11-12-13-14-15-16-17-18(19)20;1-2-3-4-5-6-7-8-9-10-11-12-13-14(15)16;/h2-17H2,1H3,(H,19,20);2-13H2,1H3,(H,15,16);. The molecule has 37 heavy (non-hydrogen) atoms. The summed E-state index contributed by atoms with van der Waals surface area (Å²) in [7, 11) is 0. The maximum atomic E-state index is 10.3. The summed E-state index contributed by atoms with van der Waals surface area (Å²) < 4.78 is 0. The molecule has 0 aliphatic rings. The van der Waals surface area contributed by atoms with Gasteiger partial charge in [-0.25, -0.2) is 0 Å². The van der Waals surface area contributed by atoms with Crippen LogP contribution in [0.25, 0.3) is 0 Å². The molecule has 5 heteroatoms. The largest absolute Gasteiger partial charge is 0.481 e. The summed E-state index contributed by atoms with van der Waals surface area (Å²) in [6, 6.07) is 0. The van der Waals surface area contributed by atoms with Crippen molar-refractivity contribution in [2.24, 2.45) is 0 Å². The van der Waals surface area contributed by atoms with E-state index in [0.29, 0.717) is 12.8 Å². The maximum absolute atomic E-state index is 10.3. The van der Waals surface area contributed by atoms with Crippen LogP contribution in [0, 0.1) is 0 Å². The summed E-state index contributed by atoms with van der Waals surface area (Å²) in [5.74, 6) is -1.31. The molecule has 4 nitrogen and oxygen atoms in total. The monoisotopic (exact) mass is 576 g/mol. The fraction of sp³-hybridized carbons (Fsp3) is 0.938. The number of aliphatic carboxylic acids is 2. The predicted octanol–water partition coefficient (Wildman–Crippen LogP) is 11.1. The van der Waals surface area contributed by atoms with E-state index in [-0.39, 0.29) is 19.5 Å². The average Bonchev–Trinajstić information content (AvgIpc) is 2.85. The first-order valence-electron chi connectivity index (χ1n) is 16.0. The Morgan fingerprint density at radius 1 is 0.351 bits per heavy atom. The van der Waals surface area contributed by atoms with Crippen molar-refractivity contribution in [3.05, 3.63) is 0 Å². The molecule has 0 fully saturated rings. The summed E-state index contributed by atoms with van der Waals surface area (Å²) in [5, 5.41) is 17.0. The summed E-state index contributed by atoms with van der Waals surface area (Å²) in [6.07, 6.45) is 34.6. The molecular weight excluding hydrogens is 514 g/mol. The molecule has 218 valence electrons. The van der Waals surface area contributed by atoms with Crippen molar-refractivity contribution in [2.75, 3.05) is 0 Å². The predicted molar refractivity (Wildman–Crippen MR) is 156 cm³/mol. The fourth-order valence-corrected chi connectivity index (χ4v) is 4.59. The van der Waals surface area contributed by atoms with Crippen LogP contribution < -0.4 is 0 Å². The Bertz CT molecular complexity index is 443. The Balaban J connectivity index is -0.000000623. The molecule has 0 heterocycles. The van der Waals surface area contributed by atoms with Gasteiger partial charge in [0.25, 0.3) is 0 Å². The molecule has 0 radical (unpaired) electrons. The molecule has 0 amide bonds. The first-order chi connectivity index (χ1) is 17.5. The molecule has 0 unspecified atom stereocenters. The van der Waals surface area contributed by atoms with E-state index >= 15 is 0 Å². The number of carboxylic acid groups (broad SMARTS) is 2. The first kappa shape index (κ1) is 41.1. The fourth-order valence-electron chi connectivity index (χ4n) is 4.59. The molecule has 0 saturated carbocycles. The van der Waals surface area contributed by atoms with Crippen molar-refractivity contribution < 1.29 is 39.3 Å². The molecular formula is C32H64O4Zn. The number of carbonyl (C=O) groups is 2. The maximum Gasteiger partial charge on any atom is 0.303 e. The quantitative estimate of drug-likeness (QED) is 0.0716.